The first kappa shape index (κ1) is 14.6. The Morgan fingerprint density at radius 2 is 2.10 bits per heavy atom. The fraction of sp³-hybridized carbons (Fsp3) is 0.353. The zero-order valence-corrected chi connectivity index (χ0v) is 13.6. The van der Waals surface area contributed by atoms with Gasteiger partial charge >= 0.3 is 0 Å². The zero-order chi connectivity index (χ0) is 14.8. The number of hydrogen-bond acceptors (Lipinski definition) is 1. The van der Waals surface area contributed by atoms with E-state index < -0.39 is 0 Å². The minimum absolute atomic E-state index is 0.203. The molecule has 0 unspecified atom stereocenters. The van der Waals surface area contributed by atoms with Crippen LogP contribution in [0.15, 0.2) is 53.6 Å². The van der Waals surface area contributed by atoms with Crippen molar-refractivity contribution in [2.24, 2.45) is 0 Å². The monoisotopic (exact) mass is 318 g/mol. The minimum Gasteiger partial charge on any atom is -0.354 e. The molecule has 3 atom stereocenters. The highest BCUT2D eigenvalue weighted by Crippen LogP contribution is 2.27. The van der Waals surface area contributed by atoms with Gasteiger partial charge in [0, 0.05) is 11.1 Å². The predicted octanol–water partition coefficient (Wildman–Crippen LogP) is 3.63. The summed E-state index contributed by atoms with van der Waals surface area (Å²) in [5.41, 5.74) is 1.38. The van der Waals surface area contributed by atoms with Crippen molar-refractivity contribution in [3.8, 4) is 0 Å². The van der Waals surface area contributed by atoms with E-state index in [4.69, 9.17) is 23.8 Å². The normalized spacial score (nSPS) is 25.3. The Kier molecular flexibility index (Phi) is 4.32. The average Bonchev–Trinajstić information content (AvgIpc) is 2.81. The van der Waals surface area contributed by atoms with Crippen LogP contribution in [0.2, 0.25) is 0 Å². The number of aryl methyl sites for hydroxylation is 1. The van der Waals surface area contributed by atoms with Crippen LogP contribution in [0.1, 0.15) is 18.9 Å². The van der Waals surface area contributed by atoms with E-state index in [1.807, 2.05) is 12.2 Å². The molecule has 1 N–H and O–H groups in total. The molecule has 1 heterocycles. The standard InChI is InChI=1S/C17H19ClN2S/c1-12(7-8-13-5-3-2-4-6-13)20-16-10-9-14(18)11-15(16)19-17(20)21/h2-6,9-12,15-16H,7-8H2,1H3,(H,19,21)/t12-,15-,16+/m1/s1. The number of thiocarbonyl (C=S) groups is 1. The summed E-state index contributed by atoms with van der Waals surface area (Å²) in [4.78, 5) is 2.30. The van der Waals surface area contributed by atoms with Crippen LogP contribution in [-0.4, -0.2) is 28.1 Å². The number of fused-ring (bicyclic) bond motifs is 1. The second kappa shape index (κ2) is 6.20. The summed E-state index contributed by atoms with van der Waals surface area (Å²) >= 11 is 11.6. The maximum absolute atomic E-state index is 6.07. The van der Waals surface area contributed by atoms with Gasteiger partial charge in [-0.05, 0) is 49.7 Å². The van der Waals surface area contributed by atoms with Crippen LogP contribution in [0.5, 0.6) is 0 Å². The Labute approximate surface area is 136 Å². The van der Waals surface area contributed by atoms with Crippen LogP contribution in [-0.2, 0) is 6.42 Å². The second-order valence-electron chi connectivity index (χ2n) is 5.66. The van der Waals surface area contributed by atoms with Crippen molar-refractivity contribution in [1.29, 1.82) is 0 Å². The molecule has 4 heteroatoms. The number of nitrogens with zero attached hydrogens (tertiary/aromatic N) is 1. The highest BCUT2D eigenvalue weighted by molar-refractivity contribution is 7.80. The molecule has 1 saturated heterocycles. The van der Waals surface area contributed by atoms with Crippen molar-refractivity contribution in [3.63, 3.8) is 0 Å². The molecule has 0 aromatic heterocycles. The van der Waals surface area contributed by atoms with Crippen molar-refractivity contribution in [2.75, 3.05) is 0 Å². The van der Waals surface area contributed by atoms with Gasteiger partial charge in [-0.15, -0.1) is 0 Å². The number of rotatable bonds is 4. The van der Waals surface area contributed by atoms with E-state index in [9.17, 15) is 0 Å². The van der Waals surface area contributed by atoms with Crippen LogP contribution in [0.3, 0.4) is 0 Å². The van der Waals surface area contributed by atoms with Crippen LogP contribution in [0.4, 0.5) is 0 Å². The highest BCUT2D eigenvalue weighted by Gasteiger charge is 2.37. The summed E-state index contributed by atoms with van der Waals surface area (Å²) in [5, 5.41) is 4.97. The van der Waals surface area contributed by atoms with Crippen LogP contribution in [0, 0.1) is 0 Å². The van der Waals surface area contributed by atoms with Gasteiger partial charge in [0.25, 0.3) is 0 Å². The fourth-order valence-corrected chi connectivity index (χ4v) is 3.68. The van der Waals surface area contributed by atoms with Crippen molar-refractivity contribution in [2.45, 2.75) is 37.9 Å². The van der Waals surface area contributed by atoms with E-state index in [0.717, 1.165) is 23.0 Å². The lowest BCUT2D eigenvalue weighted by molar-refractivity contribution is 0.290. The molecule has 110 valence electrons. The van der Waals surface area contributed by atoms with Crippen molar-refractivity contribution >= 4 is 28.9 Å². The smallest absolute Gasteiger partial charge is 0.170 e. The first-order valence-electron chi connectivity index (χ1n) is 7.33. The Morgan fingerprint density at radius 1 is 1.33 bits per heavy atom. The van der Waals surface area contributed by atoms with Gasteiger partial charge < -0.3 is 10.2 Å². The van der Waals surface area contributed by atoms with Crippen LogP contribution >= 0.6 is 23.8 Å². The lowest BCUT2D eigenvalue weighted by Gasteiger charge is -2.31. The molecular weight excluding hydrogens is 300 g/mol. The van der Waals surface area contributed by atoms with Gasteiger partial charge in [-0.1, -0.05) is 48.0 Å². The summed E-state index contributed by atoms with van der Waals surface area (Å²) < 4.78 is 0. The van der Waals surface area contributed by atoms with E-state index in [1.54, 1.807) is 0 Å². The second-order valence-corrected chi connectivity index (χ2v) is 6.48. The molecule has 1 fully saturated rings. The summed E-state index contributed by atoms with van der Waals surface area (Å²) in [7, 11) is 0. The third-order valence-electron chi connectivity index (χ3n) is 4.17. The number of nitrogens with one attached hydrogen (secondary N) is 1. The molecule has 2 nitrogen and oxygen atoms in total. The SMILES string of the molecule is C[C@H](CCc1ccccc1)N1C(=S)N[C@@H]2C=C(Cl)C=C[C@@H]21. The number of allylic oxidation sites excluding steroid dienone is 2. The molecule has 1 aliphatic carbocycles. The minimum atomic E-state index is 0.203. The number of hydrogen-bond donors (Lipinski definition) is 1. The lowest BCUT2D eigenvalue weighted by Crippen LogP contribution is -2.42. The molecule has 0 spiro atoms. The van der Waals surface area contributed by atoms with Crippen molar-refractivity contribution in [3.05, 3.63) is 59.2 Å². The van der Waals surface area contributed by atoms with Gasteiger partial charge in [-0.25, -0.2) is 0 Å². The molecule has 1 aromatic rings. The largest absolute Gasteiger partial charge is 0.354 e. The van der Waals surface area contributed by atoms with E-state index in [0.29, 0.717) is 6.04 Å². The van der Waals surface area contributed by atoms with Gasteiger partial charge in [-0.2, -0.15) is 0 Å². The summed E-state index contributed by atoms with van der Waals surface area (Å²) in [6.07, 6.45) is 8.31. The average molecular weight is 319 g/mol. The van der Waals surface area contributed by atoms with Gasteiger partial charge in [0.05, 0.1) is 12.1 Å². The first-order valence-corrected chi connectivity index (χ1v) is 8.12. The van der Waals surface area contributed by atoms with Crippen LogP contribution in [0.25, 0.3) is 0 Å². The van der Waals surface area contributed by atoms with E-state index >= 15 is 0 Å². The Morgan fingerprint density at radius 3 is 2.86 bits per heavy atom. The zero-order valence-electron chi connectivity index (χ0n) is 12.0. The van der Waals surface area contributed by atoms with Gasteiger partial charge in [0.1, 0.15) is 0 Å². The molecule has 0 amide bonds. The summed E-state index contributed by atoms with van der Waals surface area (Å²) in [5.74, 6) is 0. The van der Waals surface area contributed by atoms with E-state index in [-0.39, 0.29) is 12.1 Å². The van der Waals surface area contributed by atoms with E-state index in [2.05, 4.69) is 53.5 Å². The molecule has 2 aliphatic rings. The molecule has 21 heavy (non-hydrogen) atoms. The lowest BCUT2D eigenvalue weighted by atomic mass is 10.00. The number of benzene rings is 1. The van der Waals surface area contributed by atoms with Gasteiger partial charge in [0.2, 0.25) is 0 Å². The molecule has 1 aliphatic heterocycles. The highest BCUT2D eigenvalue weighted by atomic mass is 35.5. The molecule has 0 saturated carbocycles. The van der Waals surface area contributed by atoms with E-state index in [1.165, 1.54) is 5.56 Å². The third-order valence-corrected chi connectivity index (χ3v) is 4.75. The van der Waals surface area contributed by atoms with Crippen LogP contribution < -0.4 is 5.32 Å². The quantitative estimate of drug-likeness (QED) is 0.854. The van der Waals surface area contributed by atoms with Gasteiger partial charge in [-0.3, -0.25) is 0 Å². The van der Waals surface area contributed by atoms with Crippen molar-refractivity contribution in [1.82, 2.24) is 10.2 Å². The predicted molar refractivity (Wildman–Crippen MR) is 92.4 cm³/mol. The Bertz CT molecular complexity index is 582. The van der Waals surface area contributed by atoms with Gasteiger partial charge in [0.15, 0.2) is 5.11 Å². The number of halogens is 1. The maximum atomic E-state index is 6.07. The first-order chi connectivity index (χ1) is 10.1. The molecular formula is C17H19ClN2S. The Hall–Kier alpha value is -1.32. The molecule has 1 aromatic carbocycles. The fourth-order valence-electron chi connectivity index (χ4n) is 3.03. The topological polar surface area (TPSA) is 15.3 Å². The molecule has 3 rings (SSSR count). The third kappa shape index (κ3) is 3.14. The maximum Gasteiger partial charge on any atom is 0.170 e. The molecule has 0 bridgehead atoms. The summed E-state index contributed by atoms with van der Waals surface area (Å²) in [6.45, 7) is 2.24. The molecule has 0 radical (unpaired) electrons. The summed E-state index contributed by atoms with van der Waals surface area (Å²) in [6, 6.07) is 11.5. The Balaban J connectivity index is 1.66. The van der Waals surface area contributed by atoms with Crippen molar-refractivity contribution < 1.29 is 0 Å².